The molecule has 3 rings (SSSR count). The first-order chi connectivity index (χ1) is 10.2. The first-order valence-corrected chi connectivity index (χ1v) is 7.60. The molecule has 1 N–H and O–H groups in total. The van der Waals surface area contributed by atoms with Crippen LogP contribution in [0.3, 0.4) is 0 Å². The molecule has 0 fully saturated rings. The molecule has 0 bridgehead atoms. The van der Waals surface area contributed by atoms with Gasteiger partial charge in [0, 0.05) is 25.8 Å². The van der Waals surface area contributed by atoms with Gasteiger partial charge in [0.15, 0.2) is 6.10 Å². The van der Waals surface area contributed by atoms with Crippen LogP contribution < -0.4 is 10.1 Å². The van der Waals surface area contributed by atoms with Gasteiger partial charge in [-0.15, -0.1) is 5.10 Å². The number of carbonyl (C=O) groups is 1. The van der Waals surface area contributed by atoms with Crippen LogP contribution in [-0.2, 0) is 18.3 Å². The molecule has 8 heteroatoms. The SMILES string of the molecule is Cn1nnnc1SCCNC(=O)C1Cc2ccccc2O1. The van der Waals surface area contributed by atoms with Gasteiger partial charge in [-0.2, -0.15) is 0 Å². The van der Waals surface area contributed by atoms with Gasteiger partial charge in [0.25, 0.3) is 5.91 Å². The first kappa shape index (κ1) is 13.9. The van der Waals surface area contributed by atoms with Crippen LogP contribution in [0.2, 0.25) is 0 Å². The largest absolute Gasteiger partial charge is 0.480 e. The molecule has 0 saturated carbocycles. The number of hydrogen-bond acceptors (Lipinski definition) is 6. The van der Waals surface area contributed by atoms with Crippen LogP contribution >= 0.6 is 11.8 Å². The molecule has 1 atom stereocenters. The summed E-state index contributed by atoms with van der Waals surface area (Å²) in [5, 5.41) is 14.8. The predicted octanol–water partition coefficient (Wildman–Crippen LogP) is 0.422. The van der Waals surface area contributed by atoms with Crippen molar-refractivity contribution in [1.82, 2.24) is 25.5 Å². The highest BCUT2D eigenvalue weighted by atomic mass is 32.2. The molecule has 0 spiro atoms. The minimum absolute atomic E-state index is 0.0807. The molecule has 1 amide bonds. The van der Waals surface area contributed by atoms with E-state index < -0.39 is 6.10 Å². The molecule has 2 heterocycles. The number of thioether (sulfide) groups is 1. The fraction of sp³-hybridized carbons (Fsp3) is 0.385. The normalized spacial score (nSPS) is 16.3. The van der Waals surface area contributed by atoms with Gasteiger partial charge in [-0.3, -0.25) is 4.79 Å². The van der Waals surface area contributed by atoms with E-state index in [9.17, 15) is 4.79 Å². The Bertz CT molecular complexity index is 620. The van der Waals surface area contributed by atoms with E-state index in [1.165, 1.54) is 11.8 Å². The molecule has 7 nitrogen and oxygen atoms in total. The number of ether oxygens (including phenoxy) is 1. The van der Waals surface area contributed by atoms with Gasteiger partial charge < -0.3 is 10.1 Å². The van der Waals surface area contributed by atoms with Crippen LogP contribution in [0.4, 0.5) is 0 Å². The van der Waals surface area contributed by atoms with Gasteiger partial charge in [0.05, 0.1) is 0 Å². The number of carbonyl (C=O) groups excluding carboxylic acids is 1. The van der Waals surface area contributed by atoms with Gasteiger partial charge in [-0.05, 0) is 22.1 Å². The van der Waals surface area contributed by atoms with Crippen molar-refractivity contribution in [3.63, 3.8) is 0 Å². The van der Waals surface area contributed by atoms with Gasteiger partial charge in [-0.1, -0.05) is 30.0 Å². The summed E-state index contributed by atoms with van der Waals surface area (Å²) in [6, 6.07) is 7.73. The Morgan fingerprint density at radius 3 is 3.14 bits per heavy atom. The van der Waals surface area contributed by atoms with Crippen LogP contribution in [-0.4, -0.2) is 44.5 Å². The monoisotopic (exact) mass is 305 g/mol. The molecule has 1 aliphatic heterocycles. The standard InChI is InChI=1S/C13H15N5O2S/c1-18-13(15-16-17-18)21-7-6-14-12(19)11-8-9-4-2-3-5-10(9)20-11/h2-5,11H,6-8H2,1H3,(H,14,19). The van der Waals surface area contributed by atoms with Crippen LogP contribution in [0, 0.1) is 0 Å². The molecule has 1 aromatic heterocycles. The van der Waals surface area contributed by atoms with Crippen molar-refractivity contribution in [2.45, 2.75) is 17.7 Å². The summed E-state index contributed by atoms with van der Waals surface area (Å²) in [6.45, 7) is 0.548. The summed E-state index contributed by atoms with van der Waals surface area (Å²) in [5.74, 6) is 1.43. The number of nitrogens with zero attached hydrogens (tertiary/aromatic N) is 4. The zero-order valence-electron chi connectivity index (χ0n) is 11.5. The zero-order valence-corrected chi connectivity index (χ0v) is 12.3. The summed E-state index contributed by atoms with van der Waals surface area (Å²) < 4.78 is 7.24. The van der Waals surface area contributed by atoms with Crippen molar-refractivity contribution in [2.75, 3.05) is 12.3 Å². The number of aryl methyl sites for hydroxylation is 1. The molecule has 2 aromatic rings. The molecule has 1 aromatic carbocycles. The molecule has 21 heavy (non-hydrogen) atoms. The maximum atomic E-state index is 12.1. The summed E-state index contributed by atoms with van der Waals surface area (Å²) >= 11 is 1.50. The molecule has 1 aliphatic rings. The minimum atomic E-state index is -0.427. The molecular weight excluding hydrogens is 290 g/mol. The zero-order chi connectivity index (χ0) is 14.7. The number of tetrazole rings is 1. The molecule has 1 unspecified atom stereocenters. The highest BCUT2D eigenvalue weighted by Crippen LogP contribution is 2.28. The maximum absolute atomic E-state index is 12.1. The van der Waals surface area contributed by atoms with Crippen molar-refractivity contribution >= 4 is 17.7 Å². The van der Waals surface area contributed by atoms with E-state index in [0.29, 0.717) is 18.7 Å². The van der Waals surface area contributed by atoms with E-state index in [1.807, 2.05) is 24.3 Å². The molecule has 0 saturated heterocycles. The second-order valence-electron chi connectivity index (χ2n) is 4.64. The Morgan fingerprint density at radius 1 is 1.52 bits per heavy atom. The molecule has 110 valence electrons. The Morgan fingerprint density at radius 2 is 2.38 bits per heavy atom. The highest BCUT2D eigenvalue weighted by molar-refractivity contribution is 7.99. The number of rotatable bonds is 5. The van der Waals surface area contributed by atoms with Crippen molar-refractivity contribution < 1.29 is 9.53 Å². The maximum Gasteiger partial charge on any atom is 0.261 e. The Kier molecular flexibility index (Phi) is 4.05. The van der Waals surface area contributed by atoms with Gasteiger partial charge in [0.1, 0.15) is 5.75 Å². The fourth-order valence-corrected chi connectivity index (χ4v) is 2.81. The van der Waals surface area contributed by atoms with Crippen LogP contribution in [0.5, 0.6) is 5.75 Å². The Balaban J connectivity index is 1.43. The predicted molar refractivity (Wildman–Crippen MR) is 77.1 cm³/mol. The van der Waals surface area contributed by atoms with E-state index in [1.54, 1.807) is 11.7 Å². The topological polar surface area (TPSA) is 81.9 Å². The Labute approximate surface area is 126 Å². The first-order valence-electron chi connectivity index (χ1n) is 6.61. The number of nitrogens with one attached hydrogen (secondary N) is 1. The van der Waals surface area contributed by atoms with Gasteiger partial charge >= 0.3 is 0 Å². The van der Waals surface area contributed by atoms with Gasteiger partial charge in [-0.25, -0.2) is 4.68 Å². The van der Waals surface area contributed by atoms with E-state index in [0.717, 1.165) is 16.5 Å². The summed E-state index contributed by atoms with van der Waals surface area (Å²) in [5.41, 5.74) is 1.08. The molecular formula is C13H15N5O2S. The summed E-state index contributed by atoms with van der Waals surface area (Å²) in [7, 11) is 1.78. The van der Waals surface area contributed by atoms with Crippen LogP contribution in [0.1, 0.15) is 5.56 Å². The van der Waals surface area contributed by atoms with Crippen LogP contribution in [0.15, 0.2) is 29.4 Å². The number of benzene rings is 1. The number of amides is 1. The second kappa shape index (κ2) is 6.13. The van der Waals surface area contributed by atoms with Crippen molar-refractivity contribution in [1.29, 1.82) is 0 Å². The van der Waals surface area contributed by atoms with E-state index in [-0.39, 0.29) is 5.91 Å². The summed E-state index contributed by atoms with van der Waals surface area (Å²) in [6.07, 6.45) is 0.200. The lowest BCUT2D eigenvalue weighted by Gasteiger charge is -2.10. The Hall–Kier alpha value is -2.09. The average molecular weight is 305 g/mol. The van der Waals surface area contributed by atoms with Crippen molar-refractivity contribution in [2.24, 2.45) is 7.05 Å². The summed E-state index contributed by atoms with van der Waals surface area (Å²) in [4.78, 5) is 12.1. The number of para-hydroxylation sites is 1. The van der Waals surface area contributed by atoms with Gasteiger partial charge in [0.2, 0.25) is 5.16 Å². The highest BCUT2D eigenvalue weighted by Gasteiger charge is 2.28. The molecule has 0 radical (unpaired) electrons. The number of fused-ring (bicyclic) bond motifs is 1. The smallest absolute Gasteiger partial charge is 0.261 e. The third-order valence-electron chi connectivity index (χ3n) is 3.15. The average Bonchev–Trinajstić information content (AvgIpc) is 3.09. The minimum Gasteiger partial charge on any atom is -0.480 e. The lowest BCUT2D eigenvalue weighted by molar-refractivity contribution is -0.127. The number of hydrogen-bond donors (Lipinski definition) is 1. The fourth-order valence-electron chi connectivity index (χ4n) is 2.10. The lowest BCUT2D eigenvalue weighted by atomic mass is 10.1. The lowest BCUT2D eigenvalue weighted by Crippen LogP contribution is -2.38. The van der Waals surface area contributed by atoms with E-state index >= 15 is 0 Å². The van der Waals surface area contributed by atoms with E-state index in [4.69, 9.17) is 4.74 Å². The van der Waals surface area contributed by atoms with Crippen LogP contribution in [0.25, 0.3) is 0 Å². The van der Waals surface area contributed by atoms with Crippen molar-refractivity contribution in [3.8, 4) is 5.75 Å². The molecule has 0 aliphatic carbocycles. The van der Waals surface area contributed by atoms with Crippen molar-refractivity contribution in [3.05, 3.63) is 29.8 Å². The quantitative estimate of drug-likeness (QED) is 0.637. The third-order valence-corrected chi connectivity index (χ3v) is 4.17. The van der Waals surface area contributed by atoms with E-state index in [2.05, 4.69) is 20.8 Å². The second-order valence-corrected chi connectivity index (χ2v) is 5.70. The number of aromatic nitrogens is 4. The third kappa shape index (κ3) is 3.15.